The number of aromatic amines is 1. The molecule has 0 aliphatic heterocycles. The molecule has 3 N–H and O–H groups in total. The predicted molar refractivity (Wildman–Crippen MR) is 117 cm³/mol. The summed E-state index contributed by atoms with van der Waals surface area (Å²) in [5.41, 5.74) is 12.4. The van der Waals surface area contributed by atoms with E-state index >= 15 is 0 Å². The minimum absolute atomic E-state index is 0.594. The van der Waals surface area contributed by atoms with Crippen LogP contribution in [-0.4, -0.2) is 11.5 Å². The van der Waals surface area contributed by atoms with Gasteiger partial charge in [-0.15, -0.1) is 0 Å². The van der Waals surface area contributed by atoms with Gasteiger partial charge in [0.25, 0.3) is 0 Å². The summed E-state index contributed by atoms with van der Waals surface area (Å²) in [6, 6.07) is 15.5. The van der Waals surface area contributed by atoms with E-state index in [9.17, 15) is 0 Å². The quantitative estimate of drug-likeness (QED) is 0.328. The maximum Gasteiger partial charge on any atom is 0.0508 e. The minimum Gasteiger partial charge on any atom is -0.354 e. The highest BCUT2D eigenvalue weighted by atomic mass is 127. The van der Waals surface area contributed by atoms with Crippen molar-refractivity contribution in [3.63, 3.8) is 0 Å². The number of aryl methyl sites for hydroxylation is 1. The lowest BCUT2D eigenvalue weighted by atomic mass is 9.94. The van der Waals surface area contributed by atoms with Gasteiger partial charge in [-0.1, -0.05) is 38.1 Å². The summed E-state index contributed by atoms with van der Waals surface area (Å²) < 4.78 is 1.29. The van der Waals surface area contributed by atoms with E-state index in [0.717, 1.165) is 25.8 Å². The number of unbranched alkanes of at least 4 members (excludes halogenated alkanes) is 1. The van der Waals surface area contributed by atoms with Crippen LogP contribution in [0, 0.1) is 3.57 Å². The van der Waals surface area contributed by atoms with Crippen molar-refractivity contribution in [2.75, 3.05) is 6.54 Å². The Morgan fingerprint density at radius 3 is 2.64 bits per heavy atom. The monoisotopic (exact) mass is 446 g/mol. The van der Waals surface area contributed by atoms with Crippen molar-refractivity contribution in [3.8, 4) is 11.3 Å². The summed E-state index contributed by atoms with van der Waals surface area (Å²) in [6.07, 6.45) is 4.44. The number of nitrogens with one attached hydrogen (secondary N) is 1. The molecular formula is C22H27IN2. The molecule has 0 aliphatic rings. The molecule has 0 saturated heterocycles. The average molecular weight is 446 g/mol. The van der Waals surface area contributed by atoms with E-state index < -0.39 is 0 Å². The van der Waals surface area contributed by atoms with Crippen LogP contribution in [0.4, 0.5) is 0 Å². The maximum atomic E-state index is 5.73. The van der Waals surface area contributed by atoms with Crippen molar-refractivity contribution in [3.05, 3.63) is 57.2 Å². The van der Waals surface area contributed by atoms with Crippen LogP contribution in [0.1, 0.15) is 50.2 Å². The average Bonchev–Trinajstić information content (AvgIpc) is 2.99. The van der Waals surface area contributed by atoms with Crippen molar-refractivity contribution in [1.82, 2.24) is 4.98 Å². The first kappa shape index (κ1) is 18.5. The molecule has 3 heteroatoms. The third-order valence-electron chi connectivity index (χ3n) is 5.14. The van der Waals surface area contributed by atoms with Crippen LogP contribution < -0.4 is 5.73 Å². The van der Waals surface area contributed by atoms with Crippen LogP contribution in [0.2, 0.25) is 0 Å². The van der Waals surface area contributed by atoms with Crippen LogP contribution in [-0.2, 0) is 6.42 Å². The second-order valence-corrected chi connectivity index (χ2v) is 7.98. The molecule has 0 amide bonds. The van der Waals surface area contributed by atoms with Crippen LogP contribution in [0.3, 0.4) is 0 Å². The Morgan fingerprint density at radius 2 is 1.92 bits per heavy atom. The van der Waals surface area contributed by atoms with Crippen LogP contribution in [0.25, 0.3) is 22.2 Å². The Kier molecular flexibility index (Phi) is 6.18. The van der Waals surface area contributed by atoms with Gasteiger partial charge >= 0.3 is 0 Å². The van der Waals surface area contributed by atoms with Crippen molar-refractivity contribution in [1.29, 1.82) is 0 Å². The molecule has 1 atom stereocenters. The lowest BCUT2D eigenvalue weighted by Gasteiger charge is -2.10. The van der Waals surface area contributed by atoms with E-state index in [-0.39, 0.29) is 0 Å². The molecule has 3 rings (SSSR count). The third kappa shape index (κ3) is 3.93. The van der Waals surface area contributed by atoms with E-state index in [1.165, 1.54) is 43.3 Å². The molecule has 3 aromatic rings. The smallest absolute Gasteiger partial charge is 0.0508 e. The number of benzene rings is 2. The molecule has 1 heterocycles. The molecule has 0 spiro atoms. The molecule has 0 fully saturated rings. The standard InChI is InChI=1S/C22H27IN2/c1-3-15(2)16-11-12-21-19(14-16)17(8-6-7-13-24)22(25-21)18-9-4-5-10-20(18)23/h4-5,9-12,14-15,25H,3,6-8,13,24H2,1-2H3. The maximum absolute atomic E-state index is 5.73. The fourth-order valence-corrected chi connectivity index (χ4v) is 4.06. The number of halogens is 1. The van der Waals surface area contributed by atoms with Crippen LogP contribution >= 0.6 is 22.6 Å². The molecule has 1 unspecified atom stereocenters. The summed E-state index contributed by atoms with van der Waals surface area (Å²) in [6.45, 7) is 5.33. The number of nitrogens with two attached hydrogens (primary N) is 1. The first-order valence-corrected chi connectivity index (χ1v) is 10.3. The minimum atomic E-state index is 0.594. The molecule has 0 bridgehead atoms. The van der Waals surface area contributed by atoms with Crippen molar-refractivity contribution < 1.29 is 0 Å². The van der Waals surface area contributed by atoms with Gasteiger partial charge in [0.15, 0.2) is 0 Å². The summed E-state index contributed by atoms with van der Waals surface area (Å²) in [5.74, 6) is 0.594. The van der Waals surface area contributed by atoms with Gasteiger partial charge in [0.1, 0.15) is 0 Å². The molecule has 1 aromatic heterocycles. The van der Waals surface area contributed by atoms with E-state index in [0.29, 0.717) is 5.92 Å². The number of H-pyrrole nitrogens is 1. The van der Waals surface area contributed by atoms with E-state index in [1.807, 2.05) is 0 Å². The molecule has 2 nitrogen and oxygen atoms in total. The number of fused-ring (bicyclic) bond motifs is 1. The van der Waals surface area contributed by atoms with Gasteiger partial charge in [-0.25, -0.2) is 0 Å². The normalized spacial score (nSPS) is 12.6. The zero-order valence-electron chi connectivity index (χ0n) is 15.1. The van der Waals surface area contributed by atoms with Crippen molar-refractivity contribution >= 4 is 33.5 Å². The van der Waals surface area contributed by atoms with Gasteiger partial charge < -0.3 is 10.7 Å². The summed E-state index contributed by atoms with van der Waals surface area (Å²) in [4.78, 5) is 3.70. The van der Waals surface area contributed by atoms with Gasteiger partial charge in [0.2, 0.25) is 0 Å². The van der Waals surface area contributed by atoms with Gasteiger partial charge in [0, 0.05) is 20.0 Å². The Morgan fingerprint density at radius 1 is 1.12 bits per heavy atom. The van der Waals surface area contributed by atoms with Crippen molar-refractivity contribution in [2.45, 2.75) is 45.4 Å². The molecular weight excluding hydrogens is 419 g/mol. The first-order chi connectivity index (χ1) is 12.2. The summed E-state index contributed by atoms with van der Waals surface area (Å²) >= 11 is 2.43. The largest absolute Gasteiger partial charge is 0.354 e. The molecule has 0 saturated carbocycles. The van der Waals surface area contributed by atoms with E-state index in [1.54, 1.807) is 0 Å². The topological polar surface area (TPSA) is 41.8 Å². The number of hydrogen-bond donors (Lipinski definition) is 2. The zero-order valence-corrected chi connectivity index (χ0v) is 17.3. The van der Waals surface area contributed by atoms with Crippen molar-refractivity contribution in [2.24, 2.45) is 5.73 Å². The lowest BCUT2D eigenvalue weighted by molar-refractivity contribution is 0.734. The summed E-state index contributed by atoms with van der Waals surface area (Å²) in [7, 11) is 0. The Balaban J connectivity index is 2.15. The number of rotatable bonds is 7. The Bertz CT molecular complexity index is 850. The number of hydrogen-bond acceptors (Lipinski definition) is 1. The summed E-state index contributed by atoms with van der Waals surface area (Å²) in [5, 5.41) is 1.38. The zero-order chi connectivity index (χ0) is 17.8. The molecule has 132 valence electrons. The second-order valence-electron chi connectivity index (χ2n) is 6.82. The highest BCUT2D eigenvalue weighted by Gasteiger charge is 2.16. The second kappa shape index (κ2) is 8.37. The highest BCUT2D eigenvalue weighted by Crippen LogP contribution is 2.35. The molecule has 0 radical (unpaired) electrons. The van der Waals surface area contributed by atoms with Crippen LogP contribution in [0.5, 0.6) is 0 Å². The Labute approximate surface area is 164 Å². The number of aromatic nitrogens is 1. The fourth-order valence-electron chi connectivity index (χ4n) is 3.41. The fraction of sp³-hybridized carbons (Fsp3) is 0.364. The first-order valence-electron chi connectivity index (χ1n) is 9.25. The van der Waals surface area contributed by atoms with Gasteiger partial charge in [-0.05, 0) is 90.1 Å². The third-order valence-corrected chi connectivity index (χ3v) is 6.08. The lowest BCUT2D eigenvalue weighted by Crippen LogP contribution is -1.99. The SMILES string of the molecule is CCC(C)c1ccc2[nH]c(-c3ccccc3I)c(CCCCN)c2c1. The van der Waals surface area contributed by atoms with E-state index in [2.05, 4.69) is 83.9 Å². The predicted octanol–water partition coefficient (Wildman–Crippen LogP) is 6.23. The van der Waals surface area contributed by atoms with E-state index in [4.69, 9.17) is 5.73 Å². The van der Waals surface area contributed by atoms with Gasteiger partial charge in [0.05, 0.1) is 5.69 Å². The molecule has 2 aromatic carbocycles. The van der Waals surface area contributed by atoms with Gasteiger partial charge in [-0.3, -0.25) is 0 Å². The van der Waals surface area contributed by atoms with Gasteiger partial charge in [-0.2, -0.15) is 0 Å². The molecule has 0 aliphatic carbocycles. The van der Waals surface area contributed by atoms with Crippen LogP contribution in [0.15, 0.2) is 42.5 Å². The highest BCUT2D eigenvalue weighted by molar-refractivity contribution is 14.1. The molecule has 25 heavy (non-hydrogen) atoms. The Hall–Kier alpha value is -1.33.